The second-order valence-corrected chi connectivity index (χ2v) is 6.73. The number of fused-ring (bicyclic) bond motifs is 1. The highest BCUT2D eigenvalue weighted by Crippen LogP contribution is 2.33. The normalized spacial score (nSPS) is 21.6. The zero-order valence-corrected chi connectivity index (χ0v) is 13.5. The SMILES string of the molecule is Cc1ccc2cc(OCC3CCC(C)CC3)c(F)c(F)c2c1F.[HH]. The van der Waals surface area contributed by atoms with Gasteiger partial charge in [-0.2, -0.15) is 4.39 Å². The van der Waals surface area contributed by atoms with E-state index in [0.717, 1.165) is 31.6 Å². The molecular weight excluding hydrogens is 301 g/mol. The molecule has 0 atom stereocenters. The molecule has 0 radical (unpaired) electrons. The molecule has 2 aromatic carbocycles. The van der Waals surface area contributed by atoms with Crippen molar-refractivity contribution in [2.24, 2.45) is 11.8 Å². The summed E-state index contributed by atoms with van der Waals surface area (Å²) in [5, 5.41) is 0.0145. The Morgan fingerprint density at radius 3 is 2.43 bits per heavy atom. The minimum atomic E-state index is -1.17. The van der Waals surface area contributed by atoms with E-state index in [-0.39, 0.29) is 12.6 Å². The molecule has 3 rings (SSSR count). The van der Waals surface area contributed by atoms with Crippen LogP contribution in [0.3, 0.4) is 0 Å². The van der Waals surface area contributed by atoms with Crippen LogP contribution in [0.2, 0.25) is 0 Å². The summed E-state index contributed by atoms with van der Waals surface area (Å²) < 4.78 is 48.0. The maximum Gasteiger partial charge on any atom is 0.201 e. The Labute approximate surface area is 135 Å². The van der Waals surface area contributed by atoms with Crippen LogP contribution in [0.15, 0.2) is 18.2 Å². The second-order valence-electron chi connectivity index (χ2n) is 6.73. The summed E-state index contributed by atoms with van der Waals surface area (Å²) in [4.78, 5) is 0. The van der Waals surface area contributed by atoms with Gasteiger partial charge in [-0.05, 0) is 48.6 Å². The smallest absolute Gasteiger partial charge is 0.201 e. The molecule has 1 fully saturated rings. The molecule has 0 bridgehead atoms. The summed E-state index contributed by atoms with van der Waals surface area (Å²) in [6, 6.07) is 4.54. The van der Waals surface area contributed by atoms with Crippen LogP contribution in [-0.2, 0) is 0 Å². The van der Waals surface area contributed by atoms with Crippen LogP contribution >= 0.6 is 0 Å². The number of rotatable bonds is 3. The lowest BCUT2D eigenvalue weighted by atomic mass is 9.83. The Hall–Kier alpha value is -1.71. The van der Waals surface area contributed by atoms with Crippen LogP contribution in [0, 0.1) is 36.2 Å². The van der Waals surface area contributed by atoms with E-state index in [1.54, 1.807) is 12.1 Å². The van der Waals surface area contributed by atoms with Crippen LogP contribution in [0.5, 0.6) is 5.75 Å². The van der Waals surface area contributed by atoms with Gasteiger partial charge >= 0.3 is 0 Å². The van der Waals surface area contributed by atoms with E-state index in [0.29, 0.717) is 23.5 Å². The summed E-state index contributed by atoms with van der Waals surface area (Å²) in [5.74, 6) is -2.02. The molecular formula is C19H23F3O. The number of hydrogen-bond donors (Lipinski definition) is 0. The lowest BCUT2D eigenvalue weighted by Crippen LogP contribution is -2.19. The van der Waals surface area contributed by atoms with Gasteiger partial charge in [0.25, 0.3) is 0 Å². The van der Waals surface area contributed by atoms with Gasteiger partial charge in [0.15, 0.2) is 11.6 Å². The largest absolute Gasteiger partial charge is 0.490 e. The quantitative estimate of drug-likeness (QED) is 0.671. The molecule has 1 saturated carbocycles. The van der Waals surface area contributed by atoms with Crippen molar-refractivity contribution >= 4 is 10.8 Å². The van der Waals surface area contributed by atoms with Gasteiger partial charge in [-0.15, -0.1) is 0 Å². The minimum Gasteiger partial charge on any atom is -0.490 e. The van der Waals surface area contributed by atoms with Gasteiger partial charge in [-0.3, -0.25) is 0 Å². The first kappa shape index (κ1) is 16.2. The maximum atomic E-state index is 14.2. The molecule has 126 valence electrons. The molecule has 0 spiro atoms. The fourth-order valence-electron chi connectivity index (χ4n) is 3.27. The molecule has 1 aliphatic carbocycles. The third kappa shape index (κ3) is 3.17. The van der Waals surface area contributed by atoms with Crippen molar-refractivity contribution in [2.75, 3.05) is 6.61 Å². The molecule has 0 N–H and O–H groups in total. The topological polar surface area (TPSA) is 9.23 Å². The van der Waals surface area contributed by atoms with Crippen LogP contribution in [0.25, 0.3) is 10.8 Å². The lowest BCUT2D eigenvalue weighted by molar-refractivity contribution is 0.182. The van der Waals surface area contributed by atoms with Gasteiger partial charge in [0.1, 0.15) is 5.82 Å². The Kier molecular flexibility index (Phi) is 4.51. The maximum absolute atomic E-state index is 14.2. The number of benzene rings is 2. The van der Waals surface area contributed by atoms with Crippen molar-refractivity contribution in [1.29, 1.82) is 0 Å². The molecule has 1 nitrogen and oxygen atoms in total. The van der Waals surface area contributed by atoms with E-state index >= 15 is 0 Å². The summed E-state index contributed by atoms with van der Waals surface area (Å²) in [6.07, 6.45) is 4.39. The Balaban J connectivity index is 0.00000208. The van der Waals surface area contributed by atoms with Crippen molar-refractivity contribution in [2.45, 2.75) is 39.5 Å². The first-order chi connectivity index (χ1) is 11.0. The molecule has 0 saturated heterocycles. The van der Waals surface area contributed by atoms with E-state index in [9.17, 15) is 13.2 Å². The van der Waals surface area contributed by atoms with Gasteiger partial charge in [-0.1, -0.05) is 31.9 Å². The minimum absolute atomic E-state index is 0. The fourth-order valence-corrected chi connectivity index (χ4v) is 3.27. The summed E-state index contributed by atoms with van der Waals surface area (Å²) in [5.41, 5.74) is 0.292. The van der Waals surface area contributed by atoms with Crippen LogP contribution in [0.1, 0.15) is 39.6 Å². The van der Waals surface area contributed by atoms with Gasteiger partial charge in [0.05, 0.1) is 12.0 Å². The zero-order valence-electron chi connectivity index (χ0n) is 13.5. The molecule has 23 heavy (non-hydrogen) atoms. The zero-order chi connectivity index (χ0) is 16.6. The Bertz CT molecular complexity index is 724. The highest BCUT2D eigenvalue weighted by Gasteiger charge is 2.22. The van der Waals surface area contributed by atoms with Gasteiger partial charge < -0.3 is 4.74 Å². The molecule has 2 aromatic rings. The van der Waals surface area contributed by atoms with Crippen LogP contribution in [-0.4, -0.2) is 6.61 Å². The molecule has 0 amide bonds. The van der Waals surface area contributed by atoms with E-state index in [4.69, 9.17) is 4.74 Å². The third-order valence-electron chi connectivity index (χ3n) is 4.89. The predicted octanol–water partition coefficient (Wildman–Crippen LogP) is 6.02. The summed E-state index contributed by atoms with van der Waals surface area (Å²) in [6.45, 7) is 4.13. The molecule has 0 heterocycles. The lowest BCUT2D eigenvalue weighted by Gasteiger charge is -2.26. The van der Waals surface area contributed by atoms with Crippen LogP contribution in [0.4, 0.5) is 13.2 Å². The van der Waals surface area contributed by atoms with Crippen molar-refractivity contribution in [1.82, 2.24) is 0 Å². The third-order valence-corrected chi connectivity index (χ3v) is 4.89. The number of ether oxygens (including phenoxy) is 1. The second kappa shape index (κ2) is 6.42. The number of halogens is 3. The Morgan fingerprint density at radius 2 is 1.74 bits per heavy atom. The first-order valence-electron chi connectivity index (χ1n) is 8.17. The standard InChI is InChI=1S/C19H21F3O.H2/c1-11-3-6-13(7-4-11)10-23-15-9-14-8-5-12(2)17(20)16(14)19(22)18(15)21;/h5,8-9,11,13H,3-4,6-7,10H2,1-2H3;1H. The van der Waals surface area contributed by atoms with E-state index in [2.05, 4.69) is 6.92 Å². The molecule has 0 aromatic heterocycles. The van der Waals surface area contributed by atoms with Gasteiger partial charge in [-0.25, -0.2) is 8.78 Å². The number of aryl methyl sites for hydroxylation is 1. The highest BCUT2D eigenvalue weighted by atomic mass is 19.2. The highest BCUT2D eigenvalue weighted by molar-refractivity contribution is 5.86. The summed E-state index contributed by atoms with van der Waals surface area (Å²) in [7, 11) is 0. The van der Waals surface area contributed by atoms with Gasteiger partial charge in [0.2, 0.25) is 5.82 Å². The van der Waals surface area contributed by atoms with Crippen molar-refractivity contribution in [3.05, 3.63) is 41.2 Å². The first-order valence-corrected chi connectivity index (χ1v) is 8.17. The molecule has 4 heteroatoms. The van der Waals surface area contributed by atoms with Crippen molar-refractivity contribution < 1.29 is 19.3 Å². The molecule has 0 unspecified atom stereocenters. The average molecular weight is 324 g/mol. The number of hydrogen-bond acceptors (Lipinski definition) is 1. The van der Waals surface area contributed by atoms with Gasteiger partial charge in [0, 0.05) is 1.43 Å². The van der Waals surface area contributed by atoms with E-state index in [1.165, 1.54) is 13.0 Å². The van der Waals surface area contributed by atoms with E-state index in [1.807, 2.05) is 0 Å². The summed E-state index contributed by atoms with van der Waals surface area (Å²) >= 11 is 0. The predicted molar refractivity (Wildman–Crippen MR) is 87.3 cm³/mol. The van der Waals surface area contributed by atoms with E-state index < -0.39 is 17.5 Å². The Morgan fingerprint density at radius 1 is 1.04 bits per heavy atom. The molecule has 1 aliphatic rings. The monoisotopic (exact) mass is 324 g/mol. The van der Waals surface area contributed by atoms with Crippen molar-refractivity contribution in [3.63, 3.8) is 0 Å². The van der Waals surface area contributed by atoms with Crippen LogP contribution < -0.4 is 4.74 Å². The fraction of sp³-hybridized carbons (Fsp3) is 0.474. The van der Waals surface area contributed by atoms with Crippen molar-refractivity contribution in [3.8, 4) is 5.75 Å². The molecule has 0 aliphatic heterocycles. The average Bonchev–Trinajstić information content (AvgIpc) is 2.54.